The van der Waals surface area contributed by atoms with Gasteiger partial charge in [-0.05, 0) is 43.7 Å². The maximum absolute atomic E-state index is 13.1. The van der Waals surface area contributed by atoms with E-state index in [0.717, 1.165) is 25.7 Å². The number of halogens is 1. The number of aliphatic carboxylic acids is 1. The molecule has 2 fully saturated rings. The molecule has 0 amide bonds. The fourth-order valence-electron chi connectivity index (χ4n) is 2.50. The van der Waals surface area contributed by atoms with Crippen LogP contribution in [0.3, 0.4) is 0 Å². The van der Waals surface area contributed by atoms with Crippen molar-refractivity contribution in [1.29, 1.82) is 0 Å². The first-order valence-corrected chi connectivity index (χ1v) is 6.99. The zero-order valence-corrected chi connectivity index (χ0v) is 11.1. The van der Waals surface area contributed by atoms with Crippen LogP contribution in [0.4, 0.5) is 4.39 Å². The highest BCUT2D eigenvalue weighted by molar-refractivity contribution is 5.80. The molecule has 2 N–H and O–H groups in total. The molecule has 0 aromatic heterocycles. The van der Waals surface area contributed by atoms with Crippen LogP contribution in [0.5, 0.6) is 5.75 Å². The molecule has 0 radical (unpaired) electrons. The average molecular weight is 279 g/mol. The fourth-order valence-corrected chi connectivity index (χ4v) is 2.50. The van der Waals surface area contributed by atoms with Crippen LogP contribution in [0.25, 0.3) is 0 Å². The van der Waals surface area contributed by atoms with Crippen LogP contribution < -0.4 is 10.1 Å². The Bertz CT molecular complexity index is 514. The lowest BCUT2D eigenvalue weighted by Crippen LogP contribution is -2.59. The number of carbonyl (C=O) groups is 1. The summed E-state index contributed by atoms with van der Waals surface area (Å²) in [7, 11) is 0. The van der Waals surface area contributed by atoms with E-state index in [1.807, 2.05) is 0 Å². The van der Waals surface area contributed by atoms with Gasteiger partial charge in [-0.3, -0.25) is 10.1 Å². The van der Waals surface area contributed by atoms with E-state index >= 15 is 0 Å². The van der Waals surface area contributed by atoms with Crippen LogP contribution in [-0.2, 0) is 4.79 Å². The van der Waals surface area contributed by atoms with Crippen molar-refractivity contribution in [2.45, 2.75) is 37.3 Å². The van der Waals surface area contributed by atoms with E-state index in [4.69, 9.17) is 4.74 Å². The Kier molecular flexibility index (Phi) is 3.38. The molecule has 1 aromatic rings. The second-order valence-corrected chi connectivity index (χ2v) is 5.72. The summed E-state index contributed by atoms with van der Waals surface area (Å²) in [6, 6.07) is 6.08. The van der Waals surface area contributed by atoms with Gasteiger partial charge in [-0.2, -0.15) is 0 Å². The summed E-state index contributed by atoms with van der Waals surface area (Å²) in [6.45, 7) is 0.0347. The standard InChI is InChI=1S/C15H18FNO3/c16-11-2-1-3-13(8-11)20-9-15(14(18)19,10-4-5-10)17-12-6-7-12/h1-3,8,10,12,17H,4-7,9H2,(H,18,19). The lowest BCUT2D eigenvalue weighted by Gasteiger charge is -2.30. The zero-order valence-electron chi connectivity index (χ0n) is 11.1. The van der Waals surface area contributed by atoms with Crippen molar-refractivity contribution >= 4 is 5.97 Å². The topological polar surface area (TPSA) is 58.6 Å². The molecule has 2 aliphatic rings. The molecule has 2 aliphatic carbocycles. The number of rotatable bonds is 7. The Hall–Kier alpha value is -1.62. The number of nitrogens with one attached hydrogen (secondary N) is 1. The molecule has 2 saturated carbocycles. The molecule has 0 spiro atoms. The van der Waals surface area contributed by atoms with Crippen LogP contribution in [0.15, 0.2) is 24.3 Å². The quantitative estimate of drug-likeness (QED) is 0.803. The van der Waals surface area contributed by atoms with Gasteiger partial charge in [0.1, 0.15) is 18.2 Å². The number of ether oxygens (including phenoxy) is 1. The third kappa shape index (κ3) is 2.77. The van der Waals surface area contributed by atoms with E-state index < -0.39 is 11.5 Å². The first kappa shape index (κ1) is 13.4. The molecule has 4 nitrogen and oxygen atoms in total. The van der Waals surface area contributed by atoms with Gasteiger partial charge in [0.05, 0.1) is 0 Å². The van der Waals surface area contributed by atoms with Crippen molar-refractivity contribution in [2.24, 2.45) is 5.92 Å². The molecule has 1 aromatic carbocycles. The third-order valence-electron chi connectivity index (χ3n) is 3.96. The second-order valence-electron chi connectivity index (χ2n) is 5.72. The first-order chi connectivity index (χ1) is 9.60. The molecule has 108 valence electrons. The summed E-state index contributed by atoms with van der Waals surface area (Å²) in [5.41, 5.74) is -1.03. The highest BCUT2D eigenvalue weighted by atomic mass is 19.1. The van der Waals surface area contributed by atoms with Gasteiger partial charge >= 0.3 is 5.97 Å². The maximum atomic E-state index is 13.1. The van der Waals surface area contributed by atoms with Crippen molar-refractivity contribution in [3.63, 3.8) is 0 Å². The molecular formula is C15H18FNO3. The van der Waals surface area contributed by atoms with E-state index in [2.05, 4.69) is 5.32 Å². The smallest absolute Gasteiger partial charge is 0.327 e. The van der Waals surface area contributed by atoms with E-state index in [-0.39, 0.29) is 24.4 Å². The van der Waals surface area contributed by atoms with E-state index in [1.165, 1.54) is 12.1 Å². The average Bonchev–Trinajstić information content (AvgIpc) is 3.26. The minimum Gasteiger partial charge on any atom is -0.491 e. The molecule has 5 heteroatoms. The predicted molar refractivity (Wildman–Crippen MR) is 71.1 cm³/mol. The van der Waals surface area contributed by atoms with Gasteiger partial charge in [-0.15, -0.1) is 0 Å². The molecular weight excluding hydrogens is 261 g/mol. The van der Waals surface area contributed by atoms with Crippen molar-refractivity contribution < 1.29 is 19.0 Å². The largest absolute Gasteiger partial charge is 0.491 e. The summed E-state index contributed by atoms with van der Waals surface area (Å²) in [5.74, 6) is -0.781. The Balaban J connectivity index is 1.73. The van der Waals surface area contributed by atoms with Crippen LogP contribution in [0.1, 0.15) is 25.7 Å². The first-order valence-electron chi connectivity index (χ1n) is 6.99. The van der Waals surface area contributed by atoms with E-state index in [0.29, 0.717) is 5.75 Å². The Morgan fingerprint density at radius 3 is 2.70 bits per heavy atom. The lowest BCUT2D eigenvalue weighted by atomic mass is 9.94. The number of hydrogen-bond donors (Lipinski definition) is 2. The molecule has 0 aliphatic heterocycles. The summed E-state index contributed by atoms with van der Waals surface area (Å²) in [5, 5.41) is 12.9. The molecule has 0 saturated heterocycles. The van der Waals surface area contributed by atoms with E-state index in [1.54, 1.807) is 12.1 Å². The summed E-state index contributed by atoms with van der Waals surface area (Å²) in [6.07, 6.45) is 3.83. The monoisotopic (exact) mass is 279 g/mol. The number of carboxylic acids is 1. The number of carboxylic acid groups (broad SMARTS) is 1. The number of hydrogen-bond acceptors (Lipinski definition) is 3. The highest BCUT2D eigenvalue weighted by Crippen LogP contribution is 2.42. The van der Waals surface area contributed by atoms with Gasteiger partial charge in [0.15, 0.2) is 5.54 Å². The Labute approximate surface area is 116 Å². The van der Waals surface area contributed by atoms with Crippen LogP contribution in [0.2, 0.25) is 0 Å². The SMILES string of the molecule is O=C(O)C(COc1cccc(F)c1)(NC1CC1)C1CC1. The van der Waals surface area contributed by atoms with Crippen LogP contribution in [0, 0.1) is 11.7 Å². The zero-order chi connectivity index (χ0) is 14.2. The molecule has 0 heterocycles. The molecule has 1 unspecified atom stereocenters. The fraction of sp³-hybridized carbons (Fsp3) is 0.533. The summed E-state index contributed by atoms with van der Waals surface area (Å²) >= 11 is 0. The maximum Gasteiger partial charge on any atom is 0.327 e. The van der Waals surface area contributed by atoms with Gasteiger partial charge in [0.2, 0.25) is 0 Å². The summed E-state index contributed by atoms with van der Waals surface area (Å²) in [4.78, 5) is 11.7. The molecule has 20 heavy (non-hydrogen) atoms. The minimum absolute atomic E-state index is 0.0347. The van der Waals surface area contributed by atoms with Crippen molar-refractivity contribution in [3.05, 3.63) is 30.1 Å². The second kappa shape index (κ2) is 5.05. The molecule has 1 atom stereocenters. The third-order valence-corrected chi connectivity index (χ3v) is 3.96. The van der Waals surface area contributed by atoms with Crippen molar-refractivity contribution in [3.8, 4) is 5.75 Å². The van der Waals surface area contributed by atoms with Crippen molar-refractivity contribution in [1.82, 2.24) is 5.32 Å². The Morgan fingerprint density at radius 1 is 1.40 bits per heavy atom. The minimum atomic E-state index is -1.03. The van der Waals surface area contributed by atoms with Gasteiger partial charge in [-0.1, -0.05) is 6.07 Å². The normalized spacial score (nSPS) is 21.2. The summed E-state index contributed by atoms with van der Waals surface area (Å²) < 4.78 is 18.7. The predicted octanol–water partition coefficient (Wildman–Crippen LogP) is 2.19. The van der Waals surface area contributed by atoms with Gasteiger partial charge < -0.3 is 9.84 Å². The van der Waals surface area contributed by atoms with Gasteiger partial charge in [-0.25, -0.2) is 4.39 Å². The highest BCUT2D eigenvalue weighted by Gasteiger charge is 2.54. The lowest BCUT2D eigenvalue weighted by molar-refractivity contribution is -0.147. The van der Waals surface area contributed by atoms with Crippen LogP contribution in [-0.4, -0.2) is 29.3 Å². The van der Waals surface area contributed by atoms with Crippen molar-refractivity contribution in [2.75, 3.05) is 6.61 Å². The Morgan fingerprint density at radius 2 is 2.15 bits per heavy atom. The van der Waals surface area contributed by atoms with Crippen LogP contribution >= 0.6 is 0 Å². The number of benzene rings is 1. The van der Waals surface area contributed by atoms with Gasteiger partial charge in [0, 0.05) is 12.1 Å². The molecule has 0 bridgehead atoms. The van der Waals surface area contributed by atoms with Gasteiger partial charge in [0.25, 0.3) is 0 Å². The van der Waals surface area contributed by atoms with E-state index in [9.17, 15) is 14.3 Å². The molecule has 3 rings (SSSR count).